The van der Waals surface area contributed by atoms with Crippen molar-refractivity contribution in [1.82, 2.24) is 14.8 Å². The summed E-state index contributed by atoms with van der Waals surface area (Å²) in [5, 5.41) is 6.12. The lowest BCUT2D eigenvalue weighted by atomic mass is 9.82. The Bertz CT molecular complexity index is 1560. The molecule has 1 saturated carbocycles. The molecule has 1 aliphatic carbocycles. The Morgan fingerprint density at radius 3 is 2.43 bits per heavy atom. The fourth-order valence-corrected chi connectivity index (χ4v) is 6.48. The molecular weight excluding hydrogens is 528 g/mol. The fraction of sp³-hybridized carbons (Fsp3) is 0.441. The van der Waals surface area contributed by atoms with Gasteiger partial charge in [-0.1, -0.05) is 37.3 Å². The van der Waals surface area contributed by atoms with Gasteiger partial charge in [0.25, 0.3) is 0 Å². The van der Waals surface area contributed by atoms with Crippen molar-refractivity contribution >= 4 is 28.6 Å². The molecule has 2 aliphatic rings. The Balaban J connectivity index is 1.37. The Hall–Kier alpha value is -3.91. The van der Waals surface area contributed by atoms with E-state index >= 15 is 0 Å². The molecule has 0 atom stereocenters. The molecule has 8 heteroatoms. The molecule has 0 spiro atoms. The molecule has 0 bridgehead atoms. The predicted octanol–water partition coefficient (Wildman–Crippen LogP) is 6.84. The monoisotopic (exact) mass is 568 g/mol. The van der Waals surface area contributed by atoms with Crippen molar-refractivity contribution in [2.75, 3.05) is 24.7 Å². The average molecular weight is 569 g/mol. The van der Waals surface area contributed by atoms with Crippen LogP contribution >= 0.6 is 0 Å². The first-order valence-electron chi connectivity index (χ1n) is 15.3. The Labute approximate surface area is 247 Å². The molecule has 1 saturated heterocycles. The van der Waals surface area contributed by atoms with Crippen LogP contribution in [0.25, 0.3) is 27.8 Å². The number of esters is 1. The van der Waals surface area contributed by atoms with Gasteiger partial charge in [-0.25, -0.2) is 9.48 Å². The highest BCUT2D eigenvalue weighted by Crippen LogP contribution is 2.35. The highest BCUT2D eigenvalue weighted by Gasteiger charge is 2.37. The van der Waals surface area contributed by atoms with Gasteiger partial charge in [0.2, 0.25) is 5.91 Å². The summed E-state index contributed by atoms with van der Waals surface area (Å²) >= 11 is 0. The van der Waals surface area contributed by atoms with E-state index in [0.717, 1.165) is 48.1 Å². The zero-order chi connectivity index (χ0) is 29.2. The number of para-hydroxylation sites is 1. The molecule has 0 radical (unpaired) electrons. The summed E-state index contributed by atoms with van der Waals surface area (Å²) in [7, 11) is 0. The lowest BCUT2D eigenvalue weighted by molar-refractivity contribution is -0.124. The third kappa shape index (κ3) is 5.48. The minimum Gasteiger partial charge on any atom is -0.462 e. The summed E-state index contributed by atoms with van der Waals surface area (Å²) in [4.78, 5) is 32.8. The van der Waals surface area contributed by atoms with E-state index in [2.05, 4.69) is 49.2 Å². The number of nitrogens with one attached hydrogen (secondary N) is 1. The van der Waals surface area contributed by atoms with E-state index in [1.165, 1.54) is 10.9 Å². The number of hydrogen-bond donors (Lipinski definition) is 1. The van der Waals surface area contributed by atoms with Gasteiger partial charge in [-0.3, -0.25) is 9.69 Å². The van der Waals surface area contributed by atoms with Crippen LogP contribution in [0.15, 0.2) is 54.7 Å². The largest absolute Gasteiger partial charge is 0.462 e. The van der Waals surface area contributed by atoms with E-state index < -0.39 is 5.97 Å². The first-order chi connectivity index (χ1) is 20.4. The summed E-state index contributed by atoms with van der Waals surface area (Å²) in [5.74, 6) is 0.555. The molecule has 6 rings (SSSR count). The van der Waals surface area contributed by atoms with Crippen LogP contribution < -0.4 is 4.90 Å². The number of ether oxygens (including phenoxy) is 2. The van der Waals surface area contributed by atoms with Crippen molar-refractivity contribution in [2.24, 2.45) is 11.8 Å². The molecular formula is C34H40N4O4. The van der Waals surface area contributed by atoms with Crippen LogP contribution in [0.2, 0.25) is 0 Å². The normalized spacial score (nSPS) is 19.6. The maximum absolute atomic E-state index is 14.2. The molecule has 2 fully saturated rings. The van der Waals surface area contributed by atoms with Gasteiger partial charge in [0.1, 0.15) is 5.56 Å². The van der Waals surface area contributed by atoms with Crippen LogP contribution in [-0.2, 0) is 14.3 Å². The molecule has 4 aromatic rings. The number of fused-ring (bicyclic) bond motifs is 1. The second-order valence-corrected chi connectivity index (χ2v) is 11.8. The van der Waals surface area contributed by atoms with Crippen LogP contribution in [0.1, 0.15) is 68.3 Å². The number of nitrogens with zero attached hydrogens (tertiary/aromatic N) is 3. The van der Waals surface area contributed by atoms with Gasteiger partial charge in [0.15, 0.2) is 5.82 Å². The number of aromatic amines is 1. The first kappa shape index (κ1) is 28.2. The van der Waals surface area contributed by atoms with Crippen molar-refractivity contribution in [3.8, 4) is 16.9 Å². The Morgan fingerprint density at radius 2 is 1.74 bits per heavy atom. The van der Waals surface area contributed by atoms with Crippen molar-refractivity contribution in [3.63, 3.8) is 0 Å². The first-order valence-corrected chi connectivity index (χ1v) is 15.3. The van der Waals surface area contributed by atoms with Gasteiger partial charge in [0.05, 0.1) is 12.3 Å². The smallest absolute Gasteiger partial charge is 0.343 e. The second-order valence-electron chi connectivity index (χ2n) is 11.8. The van der Waals surface area contributed by atoms with Gasteiger partial charge in [-0.05, 0) is 87.6 Å². The number of anilines is 1. The zero-order valence-electron chi connectivity index (χ0n) is 24.8. The van der Waals surface area contributed by atoms with E-state index in [1.54, 1.807) is 17.8 Å². The maximum atomic E-state index is 14.2. The molecule has 42 heavy (non-hydrogen) atoms. The lowest BCUT2D eigenvalue weighted by Gasteiger charge is -2.37. The number of aromatic nitrogens is 3. The van der Waals surface area contributed by atoms with Crippen molar-refractivity contribution in [2.45, 2.75) is 65.3 Å². The SMILES string of the molecule is CCOC(=O)c1cn(-c2ccc(-c3[nH]c4ccccc4c3C)cc2)nc1N(C(=O)C1CCC(C)CC1)C1CCOCC1. The fourth-order valence-electron chi connectivity index (χ4n) is 6.48. The van der Waals surface area contributed by atoms with E-state index in [1.807, 2.05) is 23.1 Å². The van der Waals surface area contributed by atoms with Crippen LogP contribution in [-0.4, -0.2) is 52.5 Å². The van der Waals surface area contributed by atoms with E-state index in [4.69, 9.17) is 14.6 Å². The number of carbonyl (C=O) groups is 2. The lowest BCUT2D eigenvalue weighted by Crippen LogP contribution is -2.47. The summed E-state index contributed by atoms with van der Waals surface area (Å²) in [5.41, 5.74) is 5.57. The second kappa shape index (κ2) is 12.1. The molecule has 2 aromatic carbocycles. The number of amides is 1. The Morgan fingerprint density at radius 1 is 1.02 bits per heavy atom. The quantitative estimate of drug-likeness (QED) is 0.247. The molecule has 8 nitrogen and oxygen atoms in total. The minimum absolute atomic E-state index is 0.0641. The van der Waals surface area contributed by atoms with Gasteiger partial charge in [0, 0.05) is 48.0 Å². The molecule has 1 aliphatic heterocycles. The van der Waals surface area contributed by atoms with Crippen molar-refractivity contribution < 1.29 is 19.1 Å². The average Bonchev–Trinajstić information content (AvgIpc) is 3.60. The number of carbonyl (C=O) groups excluding carboxylic acids is 2. The summed E-state index contributed by atoms with van der Waals surface area (Å²) in [6.45, 7) is 7.58. The van der Waals surface area contributed by atoms with Crippen LogP contribution in [0, 0.1) is 18.8 Å². The molecule has 1 amide bonds. The highest BCUT2D eigenvalue weighted by atomic mass is 16.5. The van der Waals surface area contributed by atoms with Gasteiger partial charge < -0.3 is 14.5 Å². The maximum Gasteiger partial charge on any atom is 0.343 e. The van der Waals surface area contributed by atoms with Crippen molar-refractivity contribution in [1.29, 1.82) is 0 Å². The summed E-state index contributed by atoms with van der Waals surface area (Å²) in [6.07, 6.45) is 6.94. The number of hydrogen-bond acceptors (Lipinski definition) is 5. The van der Waals surface area contributed by atoms with Crippen molar-refractivity contribution in [3.05, 3.63) is 65.9 Å². The highest BCUT2D eigenvalue weighted by molar-refractivity contribution is 6.02. The predicted molar refractivity (Wildman–Crippen MR) is 164 cm³/mol. The standard InChI is InChI=1S/C34H40N4O4/c1-4-42-34(40)29-21-37(26-15-13-24(14-16-26)31-23(3)28-7-5-6-8-30(28)35-31)36-32(29)38(27-17-19-41-20-18-27)33(39)25-11-9-22(2)10-12-25/h5-8,13-16,21-22,25,27,35H,4,9-12,17-20H2,1-3H3. The topological polar surface area (TPSA) is 89.5 Å². The minimum atomic E-state index is -0.466. The molecule has 3 heterocycles. The van der Waals surface area contributed by atoms with Crippen LogP contribution in [0.3, 0.4) is 0 Å². The molecule has 0 unspecified atom stereocenters. The molecule has 220 valence electrons. The molecule has 1 N–H and O–H groups in total. The van der Waals surface area contributed by atoms with E-state index in [0.29, 0.717) is 43.4 Å². The third-order valence-corrected chi connectivity index (χ3v) is 8.96. The van der Waals surface area contributed by atoms with Crippen LogP contribution in [0.5, 0.6) is 0 Å². The number of benzene rings is 2. The number of rotatable bonds is 7. The van der Waals surface area contributed by atoms with Crippen LogP contribution in [0.4, 0.5) is 5.82 Å². The van der Waals surface area contributed by atoms with Gasteiger partial charge in [-0.2, -0.15) is 0 Å². The van der Waals surface area contributed by atoms with Gasteiger partial charge >= 0.3 is 5.97 Å². The third-order valence-electron chi connectivity index (χ3n) is 8.96. The molecule has 2 aromatic heterocycles. The van der Waals surface area contributed by atoms with Gasteiger partial charge in [-0.15, -0.1) is 5.10 Å². The number of H-pyrrole nitrogens is 1. The number of aryl methyl sites for hydroxylation is 1. The summed E-state index contributed by atoms with van der Waals surface area (Å²) in [6, 6.07) is 16.3. The summed E-state index contributed by atoms with van der Waals surface area (Å²) < 4.78 is 12.8. The van der Waals surface area contributed by atoms with E-state index in [9.17, 15) is 9.59 Å². The Kier molecular flexibility index (Phi) is 8.16. The zero-order valence-corrected chi connectivity index (χ0v) is 24.8. The van der Waals surface area contributed by atoms with E-state index in [-0.39, 0.29) is 24.5 Å².